The Kier molecular flexibility index (Phi) is 5.89. The predicted octanol–water partition coefficient (Wildman–Crippen LogP) is 0.972. The van der Waals surface area contributed by atoms with Gasteiger partial charge in [0.1, 0.15) is 0 Å². The summed E-state index contributed by atoms with van der Waals surface area (Å²) in [5.41, 5.74) is 5.71. The van der Waals surface area contributed by atoms with E-state index in [1.54, 1.807) is 13.0 Å². The molecule has 3 N–H and O–H groups in total. The van der Waals surface area contributed by atoms with Crippen LogP contribution in [-0.2, 0) is 4.79 Å². The first-order valence-electron chi connectivity index (χ1n) is 4.44. The Hall–Kier alpha value is -1.09. The maximum atomic E-state index is 10.7. The van der Waals surface area contributed by atoms with Crippen LogP contribution in [0.1, 0.15) is 20.3 Å². The van der Waals surface area contributed by atoms with E-state index in [1.165, 1.54) is 0 Å². The van der Waals surface area contributed by atoms with Gasteiger partial charge < -0.3 is 11.1 Å². The van der Waals surface area contributed by atoms with Crippen LogP contribution in [0.4, 0.5) is 0 Å². The number of nitrogens with one attached hydrogen (secondary N) is 1. The molecular formula is C10H18N2O. The number of amides is 1. The summed E-state index contributed by atoms with van der Waals surface area (Å²) in [6.07, 6.45) is 4.57. The van der Waals surface area contributed by atoms with Crippen molar-refractivity contribution in [3.63, 3.8) is 0 Å². The monoisotopic (exact) mass is 182 g/mol. The third kappa shape index (κ3) is 5.20. The van der Waals surface area contributed by atoms with Gasteiger partial charge in [-0.05, 0) is 13.3 Å². The zero-order valence-electron chi connectivity index (χ0n) is 8.34. The molecule has 0 fully saturated rings. The van der Waals surface area contributed by atoms with Crippen molar-refractivity contribution in [3.05, 3.63) is 24.3 Å². The molecule has 0 aliphatic carbocycles. The molecule has 3 heteroatoms. The molecule has 0 spiro atoms. The number of carbonyl (C=O) groups is 1. The topological polar surface area (TPSA) is 55.1 Å². The maximum absolute atomic E-state index is 10.7. The molecule has 0 heterocycles. The minimum Gasteiger partial charge on any atom is -0.366 e. The van der Waals surface area contributed by atoms with Crippen LogP contribution >= 0.6 is 0 Å². The molecule has 1 atom stereocenters. The zero-order chi connectivity index (χ0) is 10.3. The third-order valence-electron chi connectivity index (χ3n) is 1.80. The molecule has 13 heavy (non-hydrogen) atoms. The lowest BCUT2D eigenvalue weighted by Crippen LogP contribution is -2.27. The molecule has 0 rings (SSSR count). The highest BCUT2D eigenvalue weighted by Gasteiger charge is 2.03. The van der Waals surface area contributed by atoms with Crippen molar-refractivity contribution in [2.45, 2.75) is 26.3 Å². The molecule has 0 aromatic rings. The largest absolute Gasteiger partial charge is 0.366 e. The van der Waals surface area contributed by atoms with Crippen LogP contribution in [0.5, 0.6) is 0 Å². The molecule has 74 valence electrons. The standard InChI is InChI=1S/C10H18N2O/c1-4-6-12-9(5-2)7-8(3)10(11)13/h4,7,9,12H,1,5-6H2,2-3H3,(H2,11,13). The molecule has 1 amide bonds. The van der Waals surface area contributed by atoms with Crippen LogP contribution in [0, 0.1) is 0 Å². The molecule has 0 aromatic heterocycles. The fraction of sp³-hybridized carbons (Fsp3) is 0.500. The molecule has 0 radical (unpaired) electrons. The Morgan fingerprint density at radius 1 is 1.69 bits per heavy atom. The van der Waals surface area contributed by atoms with Crippen molar-refractivity contribution in [1.29, 1.82) is 0 Å². The van der Waals surface area contributed by atoms with Crippen molar-refractivity contribution in [2.24, 2.45) is 5.73 Å². The predicted molar refractivity (Wildman–Crippen MR) is 55.2 cm³/mol. The van der Waals surface area contributed by atoms with Crippen LogP contribution < -0.4 is 11.1 Å². The van der Waals surface area contributed by atoms with Gasteiger partial charge in [0.2, 0.25) is 5.91 Å². The van der Waals surface area contributed by atoms with Crippen molar-refractivity contribution < 1.29 is 4.79 Å². The van der Waals surface area contributed by atoms with E-state index in [1.807, 2.05) is 13.0 Å². The second-order valence-corrected chi connectivity index (χ2v) is 2.93. The van der Waals surface area contributed by atoms with Gasteiger partial charge in [-0.1, -0.05) is 19.1 Å². The number of rotatable bonds is 6. The van der Waals surface area contributed by atoms with E-state index < -0.39 is 0 Å². The zero-order valence-corrected chi connectivity index (χ0v) is 8.34. The molecule has 0 bridgehead atoms. The fourth-order valence-corrected chi connectivity index (χ4v) is 0.940. The summed E-state index contributed by atoms with van der Waals surface area (Å²) < 4.78 is 0. The minimum atomic E-state index is -0.362. The summed E-state index contributed by atoms with van der Waals surface area (Å²) in [7, 11) is 0. The smallest absolute Gasteiger partial charge is 0.244 e. The van der Waals surface area contributed by atoms with Gasteiger partial charge in [0.05, 0.1) is 0 Å². The minimum absolute atomic E-state index is 0.200. The van der Waals surface area contributed by atoms with Crippen LogP contribution in [0.3, 0.4) is 0 Å². The fourth-order valence-electron chi connectivity index (χ4n) is 0.940. The van der Waals surface area contributed by atoms with E-state index in [0.29, 0.717) is 5.57 Å². The van der Waals surface area contributed by atoms with Crippen LogP contribution in [0.15, 0.2) is 24.3 Å². The summed E-state index contributed by atoms with van der Waals surface area (Å²) in [6.45, 7) is 8.11. The van der Waals surface area contributed by atoms with E-state index in [4.69, 9.17) is 5.73 Å². The van der Waals surface area contributed by atoms with Gasteiger partial charge in [-0.25, -0.2) is 0 Å². The molecule has 1 unspecified atom stereocenters. The Labute approximate surface area is 79.7 Å². The molecule has 3 nitrogen and oxygen atoms in total. The average molecular weight is 182 g/mol. The Morgan fingerprint density at radius 3 is 2.69 bits per heavy atom. The normalized spacial score (nSPS) is 13.8. The highest BCUT2D eigenvalue weighted by atomic mass is 16.1. The van der Waals surface area contributed by atoms with E-state index >= 15 is 0 Å². The lowest BCUT2D eigenvalue weighted by atomic mass is 10.1. The number of primary amides is 1. The van der Waals surface area contributed by atoms with Gasteiger partial charge >= 0.3 is 0 Å². The van der Waals surface area contributed by atoms with Gasteiger partial charge in [-0.2, -0.15) is 0 Å². The molecule has 0 saturated heterocycles. The first kappa shape index (κ1) is 11.9. The van der Waals surface area contributed by atoms with Crippen molar-refractivity contribution in [1.82, 2.24) is 5.32 Å². The average Bonchev–Trinajstić information content (AvgIpc) is 2.11. The SMILES string of the molecule is C=CCNC(C=C(C)C(N)=O)CC. The summed E-state index contributed by atoms with van der Waals surface area (Å²) >= 11 is 0. The Morgan fingerprint density at radius 2 is 2.31 bits per heavy atom. The Bertz CT molecular complexity index is 209. The summed E-state index contributed by atoms with van der Waals surface area (Å²) in [5, 5.41) is 3.20. The molecular weight excluding hydrogens is 164 g/mol. The first-order chi connectivity index (χ1) is 6.11. The van der Waals surface area contributed by atoms with Crippen molar-refractivity contribution in [3.8, 4) is 0 Å². The molecule has 0 aliphatic rings. The van der Waals surface area contributed by atoms with E-state index in [2.05, 4.69) is 11.9 Å². The van der Waals surface area contributed by atoms with Crippen LogP contribution in [0.2, 0.25) is 0 Å². The number of nitrogens with two attached hydrogens (primary N) is 1. The molecule has 0 saturated carbocycles. The van der Waals surface area contributed by atoms with Crippen LogP contribution in [-0.4, -0.2) is 18.5 Å². The first-order valence-corrected chi connectivity index (χ1v) is 4.44. The van der Waals surface area contributed by atoms with E-state index in [9.17, 15) is 4.79 Å². The molecule has 0 aromatic carbocycles. The van der Waals surface area contributed by atoms with Gasteiger partial charge in [0, 0.05) is 18.2 Å². The van der Waals surface area contributed by atoms with Crippen molar-refractivity contribution >= 4 is 5.91 Å². The number of hydrogen-bond donors (Lipinski definition) is 2. The quantitative estimate of drug-likeness (QED) is 0.475. The lowest BCUT2D eigenvalue weighted by molar-refractivity contribution is -0.114. The maximum Gasteiger partial charge on any atom is 0.244 e. The van der Waals surface area contributed by atoms with Crippen molar-refractivity contribution in [2.75, 3.05) is 6.54 Å². The summed E-state index contributed by atoms with van der Waals surface area (Å²) in [6, 6.07) is 0.200. The summed E-state index contributed by atoms with van der Waals surface area (Å²) in [5.74, 6) is -0.362. The van der Waals surface area contributed by atoms with Gasteiger partial charge in [-0.3, -0.25) is 4.79 Å². The van der Waals surface area contributed by atoms with Gasteiger partial charge in [-0.15, -0.1) is 6.58 Å². The van der Waals surface area contributed by atoms with Gasteiger partial charge in [0.25, 0.3) is 0 Å². The number of carbonyl (C=O) groups excluding carboxylic acids is 1. The van der Waals surface area contributed by atoms with E-state index in [-0.39, 0.29) is 11.9 Å². The summed E-state index contributed by atoms with van der Waals surface area (Å²) in [4.78, 5) is 10.7. The second-order valence-electron chi connectivity index (χ2n) is 2.93. The Balaban J connectivity index is 4.16. The molecule has 0 aliphatic heterocycles. The van der Waals surface area contributed by atoms with Crippen LogP contribution in [0.25, 0.3) is 0 Å². The van der Waals surface area contributed by atoms with E-state index in [0.717, 1.165) is 13.0 Å². The van der Waals surface area contributed by atoms with Gasteiger partial charge in [0.15, 0.2) is 0 Å². The highest BCUT2D eigenvalue weighted by Crippen LogP contribution is 1.98. The second kappa shape index (κ2) is 6.43. The lowest BCUT2D eigenvalue weighted by Gasteiger charge is -2.11. The third-order valence-corrected chi connectivity index (χ3v) is 1.80. The number of hydrogen-bond acceptors (Lipinski definition) is 2. The highest BCUT2D eigenvalue weighted by molar-refractivity contribution is 5.91.